The molecule has 2 saturated heterocycles. The van der Waals surface area contributed by atoms with Crippen molar-refractivity contribution in [2.24, 2.45) is 0 Å². The first-order valence-electron chi connectivity index (χ1n) is 7.91. The molecule has 2 aliphatic heterocycles. The number of anilines is 2. The summed E-state index contributed by atoms with van der Waals surface area (Å²) in [6.45, 7) is 8.42. The number of ether oxygens (including phenoxy) is 1. The van der Waals surface area contributed by atoms with E-state index in [1.165, 1.54) is 32.4 Å². The third kappa shape index (κ3) is 3.05. The molecule has 0 aromatic carbocycles. The summed E-state index contributed by atoms with van der Waals surface area (Å²) in [6, 6.07) is 0.635. The second kappa shape index (κ2) is 6.05. The highest BCUT2D eigenvalue weighted by atomic mass is 16.5. The van der Waals surface area contributed by atoms with Gasteiger partial charge in [-0.25, -0.2) is 4.98 Å². The average molecular weight is 291 g/mol. The van der Waals surface area contributed by atoms with Gasteiger partial charge in [0, 0.05) is 19.1 Å². The number of hydrogen-bond acceptors (Lipinski definition) is 6. The summed E-state index contributed by atoms with van der Waals surface area (Å²) in [5.74, 6) is 1.32. The Morgan fingerprint density at radius 2 is 2.00 bits per heavy atom. The molecule has 1 aromatic rings. The Kier molecular flexibility index (Phi) is 4.14. The monoisotopic (exact) mass is 291 g/mol. The van der Waals surface area contributed by atoms with Gasteiger partial charge in [-0.05, 0) is 46.2 Å². The van der Waals surface area contributed by atoms with Crippen LogP contribution in [-0.2, 0) is 0 Å². The molecule has 2 aliphatic rings. The first-order chi connectivity index (χ1) is 10.1. The van der Waals surface area contributed by atoms with Gasteiger partial charge in [0.1, 0.15) is 12.0 Å². The minimum atomic E-state index is 0.0611. The molecule has 0 amide bonds. The molecule has 6 nitrogen and oxygen atoms in total. The van der Waals surface area contributed by atoms with Crippen molar-refractivity contribution in [3.8, 4) is 5.88 Å². The fourth-order valence-corrected chi connectivity index (χ4v) is 3.28. The maximum Gasteiger partial charge on any atom is 0.242 e. The van der Waals surface area contributed by atoms with E-state index in [0.717, 1.165) is 18.9 Å². The third-order valence-electron chi connectivity index (χ3n) is 4.29. The summed E-state index contributed by atoms with van der Waals surface area (Å²) in [5.41, 5.74) is 6.77. The number of aromatic nitrogens is 2. The molecule has 21 heavy (non-hydrogen) atoms. The summed E-state index contributed by atoms with van der Waals surface area (Å²) < 4.78 is 5.66. The lowest BCUT2D eigenvalue weighted by molar-refractivity contribution is 0.234. The Morgan fingerprint density at radius 3 is 2.71 bits per heavy atom. The van der Waals surface area contributed by atoms with Gasteiger partial charge < -0.3 is 15.4 Å². The molecular weight excluding hydrogens is 266 g/mol. The van der Waals surface area contributed by atoms with Crippen molar-refractivity contribution in [2.75, 3.05) is 36.8 Å². The van der Waals surface area contributed by atoms with Crippen LogP contribution in [0.1, 0.15) is 33.1 Å². The van der Waals surface area contributed by atoms with Crippen molar-refractivity contribution in [3.63, 3.8) is 0 Å². The van der Waals surface area contributed by atoms with E-state index < -0.39 is 0 Å². The fraction of sp³-hybridized carbons (Fsp3) is 0.733. The van der Waals surface area contributed by atoms with Crippen LogP contribution in [0.5, 0.6) is 5.88 Å². The van der Waals surface area contributed by atoms with E-state index >= 15 is 0 Å². The Labute approximate surface area is 126 Å². The van der Waals surface area contributed by atoms with Crippen LogP contribution >= 0.6 is 0 Å². The van der Waals surface area contributed by atoms with Gasteiger partial charge in [0.15, 0.2) is 5.82 Å². The first-order valence-corrected chi connectivity index (χ1v) is 7.91. The minimum Gasteiger partial charge on any atom is -0.473 e. The molecule has 3 rings (SSSR count). The molecule has 2 fully saturated rings. The van der Waals surface area contributed by atoms with Crippen molar-refractivity contribution >= 4 is 11.5 Å². The van der Waals surface area contributed by atoms with E-state index in [0.29, 0.717) is 17.6 Å². The van der Waals surface area contributed by atoms with Crippen molar-refractivity contribution in [3.05, 3.63) is 6.33 Å². The second-order valence-electron chi connectivity index (χ2n) is 6.21. The van der Waals surface area contributed by atoms with Gasteiger partial charge in [-0.15, -0.1) is 0 Å². The zero-order valence-electron chi connectivity index (χ0n) is 13.0. The van der Waals surface area contributed by atoms with Crippen LogP contribution < -0.4 is 15.4 Å². The van der Waals surface area contributed by atoms with Crippen molar-refractivity contribution in [1.29, 1.82) is 0 Å². The van der Waals surface area contributed by atoms with Gasteiger partial charge in [-0.3, -0.25) is 4.90 Å². The number of hydrogen-bond donors (Lipinski definition) is 1. The third-order valence-corrected chi connectivity index (χ3v) is 4.29. The lowest BCUT2D eigenvalue weighted by Crippen LogP contribution is -2.35. The Balaban J connectivity index is 1.72. The van der Waals surface area contributed by atoms with Crippen LogP contribution in [0.3, 0.4) is 0 Å². The number of nitrogen functional groups attached to an aromatic ring is 1. The lowest BCUT2D eigenvalue weighted by Gasteiger charge is -2.24. The van der Waals surface area contributed by atoms with Gasteiger partial charge in [0.25, 0.3) is 0 Å². The molecule has 116 valence electrons. The minimum absolute atomic E-state index is 0.0611. The summed E-state index contributed by atoms with van der Waals surface area (Å²) in [5, 5.41) is 0. The van der Waals surface area contributed by atoms with Gasteiger partial charge in [-0.2, -0.15) is 4.98 Å². The Morgan fingerprint density at radius 1 is 1.24 bits per heavy atom. The molecule has 0 aliphatic carbocycles. The van der Waals surface area contributed by atoms with Crippen molar-refractivity contribution in [2.45, 2.75) is 45.3 Å². The number of rotatable bonds is 4. The molecule has 0 bridgehead atoms. The highest BCUT2D eigenvalue weighted by Gasteiger charge is 2.31. The molecule has 2 N–H and O–H groups in total. The maximum absolute atomic E-state index is 6.21. The van der Waals surface area contributed by atoms with E-state index in [1.54, 1.807) is 6.33 Å². The van der Waals surface area contributed by atoms with Crippen LogP contribution in [-0.4, -0.2) is 53.2 Å². The molecule has 0 radical (unpaired) electrons. The highest BCUT2D eigenvalue weighted by Crippen LogP contribution is 2.32. The van der Waals surface area contributed by atoms with Crippen LogP contribution in [0.15, 0.2) is 6.33 Å². The smallest absolute Gasteiger partial charge is 0.242 e. The maximum atomic E-state index is 6.21. The molecule has 0 spiro atoms. The fourth-order valence-electron chi connectivity index (χ4n) is 3.28. The largest absolute Gasteiger partial charge is 0.473 e. The van der Waals surface area contributed by atoms with E-state index in [4.69, 9.17) is 10.5 Å². The molecule has 0 saturated carbocycles. The van der Waals surface area contributed by atoms with E-state index in [1.807, 2.05) is 13.8 Å². The molecule has 6 heteroatoms. The summed E-state index contributed by atoms with van der Waals surface area (Å²) in [7, 11) is 0. The zero-order valence-corrected chi connectivity index (χ0v) is 13.0. The van der Waals surface area contributed by atoms with Crippen molar-refractivity contribution in [1.82, 2.24) is 14.9 Å². The van der Waals surface area contributed by atoms with Crippen LogP contribution in [0.25, 0.3) is 0 Å². The van der Waals surface area contributed by atoms with Crippen LogP contribution in [0.4, 0.5) is 11.5 Å². The van der Waals surface area contributed by atoms with Crippen molar-refractivity contribution < 1.29 is 4.74 Å². The highest BCUT2D eigenvalue weighted by molar-refractivity contribution is 5.68. The lowest BCUT2D eigenvalue weighted by atomic mass is 10.2. The van der Waals surface area contributed by atoms with E-state index in [-0.39, 0.29) is 6.10 Å². The van der Waals surface area contributed by atoms with Gasteiger partial charge in [0.2, 0.25) is 5.88 Å². The standard InChI is InChI=1S/C15H25N5O/c1-11(2)21-15-13(16)14(17-10-18-15)20-8-5-12(9-20)19-6-3-4-7-19/h10-12H,3-9,16H2,1-2H3. The SMILES string of the molecule is CC(C)Oc1ncnc(N2CCC(N3CCCC3)C2)c1N. The van der Waals surface area contributed by atoms with Crippen LogP contribution in [0, 0.1) is 0 Å². The molecule has 1 aromatic heterocycles. The van der Waals surface area contributed by atoms with Gasteiger partial charge in [0.05, 0.1) is 6.10 Å². The topological polar surface area (TPSA) is 67.5 Å². The molecule has 1 unspecified atom stereocenters. The van der Waals surface area contributed by atoms with E-state index in [2.05, 4.69) is 19.8 Å². The van der Waals surface area contributed by atoms with Crippen LogP contribution in [0.2, 0.25) is 0 Å². The average Bonchev–Trinajstić information content (AvgIpc) is 3.10. The normalized spacial score (nSPS) is 23.2. The number of likely N-dealkylation sites (tertiary alicyclic amines) is 1. The zero-order chi connectivity index (χ0) is 14.8. The first kappa shape index (κ1) is 14.4. The van der Waals surface area contributed by atoms with Gasteiger partial charge >= 0.3 is 0 Å². The van der Waals surface area contributed by atoms with Gasteiger partial charge in [-0.1, -0.05) is 0 Å². The molecule has 1 atom stereocenters. The second-order valence-corrected chi connectivity index (χ2v) is 6.21. The summed E-state index contributed by atoms with van der Waals surface area (Å²) >= 11 is 0. The predicted octanol–water partition coefficient (Wildman–Crippen LogP) is 1.52. The number of nitrogens with two attached hydrogens (primary N) is 1. The number of nitrogens with zero attached hydrogens (tertiary/aromatic N) is 4. The Hall–Kier alpha value is -1.56. The van der Waals surface area contributed by atoms with E-state index in [9.17, 15) is 0 Å². The summed E-state index contributed by atoms with van der Waals surface area (Å²) in [6.07, 6.45) is 5.46. The predicted molar refractivity (Wildman–Crippen MR) is 83.6 cm³/mol. The quantitative estimate of drug-likeness (QED) is 0.907. The Bertz CT molecular complexity index is 487. The summed E-state index contributed by atoms with van der Waals surface area (Å²) in [4.78, 5) is 13.4. The molecular formula is C15H25N5O. The molecule has 3 heterocycles.